The van der Waals surface area contributed by atoms with Crippen LogP contribution in [0.4, 0.5) is 0 Å². The fraction of sp³-hybridized carbons (Fsp3) is 0.480. The van der Waals surface area contributed by atoms with E-state index in [1.807, 2.05) is 0 Å². The molecule has 1 aromatic carbocycles. The van der Waals surface area contributed by atoms with E-state index in [0.717, 1.165) is 25.3 Å². The number of hydrogen-bond acceptors (Lipinski definition) is 3. The van der Waals surface area contributed by atoms with Gasteiger partial charge in [0.25, 0.3) is 0 Å². The molecule has 2 bridgehead atoms. The number of guanidine groups is 1. The van der Waals surface area contributed by atoms with E-state index in [9.17, 15) is 9.59 Å². The van der Waals surface area contributed by atoms with Crippen LogP contribution in [0.3, 0.4) is 0 Å². The number of rotatable bonds is 7. The maximum atomic E-state index is 12.7. The van der Waals surface area contributed by atoms with Crippen LogP contribution in [0.25, 0.3) is 10.9 Å². The summed E-state index contributed by atoms with van der Waals surface area (Å²) < 4.78 is 0. The lowest BCUT2D eigenvalue weighted by Gasteiger charge is -2.18. The van der Waals surface area contributed by atoms with E-state index in [0.29, 0.717) is 19.5 Å². The number of allylic oxidation sites excluding steroid dienone is 2. The number of carbonyl (C=O) groups is 2. The Morgan fingerprint density at radius 1 is 1.12 bits per heavy atom. The molecule has 2 amide bonds. The van der Waals surface area contributed by atoms with Crippen molar-refractivity contribution in [2.45, 2.75) is 26.2 Å². The molecular formula is C25H31N5O2. The van der Waals surface area contributed by atoms with E-state index < -0.39 is 0 Å². The molecule has 4 atom stereocenters. The lowest BCUT2D eigenvalue weighted by atomic mass is 9.85. The Kier molecular flexibility index (Phi) is 5.49. The summed E-state index contributed by atoms with van der Waals surface area (Å²) in [7, 11) is 1.75. The SMILES string of the molecule is CN=C(NCCCN1C(=O)C2C3C=CC(C3)C2C1=O)NCCc1c[nH]c2cc(C)ccc12. The van der Waals surface area contributed by atoms with Crippen LogP contribution in [0.1, 0.15) is 24.0 Å². The molecule has 2 aromatic rings. The van der Waals surface area contributed by atoms with Gasteiger partial charge in [-0.15, -0.1) is 0 Å². The predicted octanol–water partition coefficient (Wildman–Crippen LogP) is 2.38. The molecule has 7 nitrogen and oxygen atoms in total. The van der Waals surface area contributed by atoms with E-state index in [4.69, 9.17) is 0 Å². The van der Waals surface area contributed by atoms with Crippen LogP contribution in [-0.4, -0.2) is 54.3 Å². The molecule has 7 heteroatoms. The summed E-state index contributed by atoms with van der Waals surface area (Å²) in [4.78, 5) is 34.6. The summed E-state index contributed by atoms with van der Waals surface area (Å²) in [6.07, 6.45) is 8.91. The zero-order valence-electron chi connectivity index (χ0n) is 18.7. The van der Waals surface area contributed by atoms with Crippen molar-refractivity contribution >= 4 is 28.7 Å². The molecule has 1 aliphatic heterocycles. The van der Waals surface area contributed by atoms with Crippen LogP contribution in [0, 0.1) is 30.6 Å². The first kappa shape index (κ1) is 20.8. The number of aromatic nitrogens is 1. The molecule has 2 heterocycles. The summed E-state index contributed by atoms with van der Waals surface area (Å²) in [5, 5.41) is 7.91. The van der Waals surface area contributed by atoms with E-state index in [2.05, 4.69) is 64.1 Å². The van der Waals surface area contributed by atoms with E-state index in [1.165, 1.54) is 26.9 Å². The van der Waals surface area contributed by atoms with Crippen molar-refractivity contribution in [3.63, 3.8) is 0 Å². The number of H-pyrrole nitrogens is 1. The quantitative estimate of drug-likeness (QED) is 0.206. The van der Waals surface area contributed by atoms with Gasteiger partial charge >= 0.3 is 0 Å². The molecule has 2 fully saturated rings. The molecule has 1 saturated carbocycles. The highest BCUT2D eigenvalue weighted by atomic mass is 16.2. The van der Waals surface area contributed by atoms with Crippen LogP contribution in [0.15, 0.2) is 41.5 Å². The third kappa shape index (κ3) is 3.59. The van der Waals surface area contributed by atoms with Crippen molar-refractivity contribution in [1.82, 2.24) is 20.5 Å². The Labute approximate surface area is 188 Å². The Balaban J connectivity index is 1.06. The van der Waals surface area contributed by atoms with Crippen LogP contribution in [-0.2, 0) is 16.0 Å². The van der Waals surface area contributed by atoms with Crippen molar-refractivity contribution in [2.75, 3.05) is 26.7 Å². The number of aryl methyl sites for hydroxylation is 1. The number of nitrogens with one attached hydrogen (secondary N) is 3. The van der Waals surface area contributed by atoms with Crippen LogP contribution in [0.2, 0.25) is 0 Å². The maximum Gasteiger partial charge on any atom is 0.233 e. The highest BCUT2D eigenvalue weighted by molar-refractivity contribution is 6.06. The highest BCUT2D eigenvalue weighted by Gasteiger charge is 2.58. The van der Waals surface area contributed by atoms with Gasteiger partial charge < -0.3 is 15.6 Å². The summed E-state index contributed by atoms with van der Waals surface area (Å²) in [6.45, 7) is 3.99. The molecule has 32 heavy (non-hydrogen) atoms. The second-order valence-corrected chi connectivity index (χ2v) is 9.22. The molecular weight excluding hydrogens is 402 g/mol. The van der Waals surface area contributed by atoms with Crippen LogP contribution in [0.5, 0.6) is 0 Å². The van der Waals surface area contributed by atoms with E-state index in [-0.39, 0.29) is 35.5 Å². The standard InChI is InChI=1S/C25H31N5O2/c1-15-4-7-19-18(14-29-20(19)12-15)8-10-28-25(26-2)27-9-3-11-30-23(31)21-16-5-6-17(13-16)22(21)24(30)32/h4-7,12,14,16-17,21-22,29H,3,8-11,13H2,1-2H3,(H2,26,27,28). The molecule has 168 valence electrons. The van der Waals surface area contributed by atoms with Gasteiger partial charge in [-0.2, -0.15) is 0 Å². The Morgan fingerprint density at radius 2 is 1.84 bits per heavy atom. The number of aliphatic imine (C=N–C) groups is 1. The van der Waals surface area contributed by atoms with Gasteiger partial charge in [-0.25, -0.2) is 0 Å². The highest BCUT2D eigenvalue weighted by Crippen LogP contribution is 2.52. The summed E-state index contributed by atoms with van der Waals surface area (Å²) in [5.41, 5.74) is 3.70. The number of aromatic amines is 1. The molecule has 1 aromatic heterocycles. The summed E-state index contributed by atoms with van der Waals surface area (Å²) >= 11 is 0. The van der Waals surface area contributed by atoms with Gasteiger partial charge in [-0.1, -0.05) is 24.3 Å². The number of imide groups is 1. The molecule has 1 saturated heterocycles. The maximum absolute atomic E-state index is 12.7. The molecule has 3 aliphatic rings. The average molecular weight is 434 g/mol. The van der Waals surface area contributed by atoms with Gasteiger partial charge in [0.05, 0.1) is 11.8 Å². The second kappa shape index (κ2) is 8.45. The fourth-order valence-corrected chi connectivity index (χ4v) is 5.67. The minimum atomic E-state index is -0.103. The number of likely N-dealkylation sites (tertiary alicyclic amines) is 1. The predicted molar refractivity (Wildman–Crippen MR) is 125 cm³/mol. The van der Waals surface area contributed by atoms with Gasteiger partial charge in [-0.3, -0.25) is 19.5 Å². The number of hydrogen-bond donors (Lipinski definition) is 3. The Hall–Kier alpha value is -3.09. The number of amides is 2. The lowest BCUT2D eigenvalue weighted by Crippen LogP contribution is -2.40. The van der Waals surface area contributed by atoms with Gasteiger partial charge in [0.2, 0.25) is 11.8 Å². The monoisotopic (exact) mass is 433 g/mol. The number of benzene rings is 1. The molecule has 4 unspecified atom stereocenters. The van der Waals surface area contributed by atoms with Crippen LogP contribution >= 0.6 is 0 Å². The third-order valence-electron chi connectivity index (χ3n) is 7.25. The van der Waals surface area contributed by atoms with Gasteiger partial charge in [0.15, 0.2) is 5.96 Å². The Bertz CT molecular complexity index is 1070. The minimum Gasteiger partial charge on any atom is -0.361 e. The van der Waals surface area contributed by atoms with Gasteiger partial charge in [0, 0.05) is 43.8 Å². The number of carbonyl (C=O) groups excluding carboxylic acids is 2. The molecule has 0 radical (unpaired) electrons. The number of nitrogens with zero attached hydrogens (tertiary/aromatic N) is 2. The fourth-order valence-electron chi connectivity index (χ4n) is 5.67. The van der Waals surface area contributed by atoms with Crippen molar-refractivity contribution < 1.29 is 9.59 Å². The Morgan fingerprint density at radius 3 is 2.56 bits per heavy atom. The largest absolute Gasteiger partial charge is 0.361 e. The normalized spacial score (nSPS) is 26.4. The first-order valence-electron chi connectivity index (χ1n) is 11.6. The first-order valence-corrected chi connectivity index (χ1v) is 11.6. The minimum absolute atomic E-state index is 0.0354. The summed E-state index contributed by atoms with van der Waals surface area (Å²) in [6, 6.07) is 6.47. The smallest absolute Gasteiger partial charge is 0.233 e. The van der Waals surface area contributed by atoms with Gasteiger partial charge in [0.1, 0.15) is 0 Å². The zero-order valence-corrected chi connectivity index (χ0v) is 18.7. The van der Waals surface area contributed by atoms with Gasteiger partial charge in [-0.05, 0) is 55.2 Å². The number of fused-ring (bicyclic) bond motifs is 6. The summed E-state index contributed by atoms with van der Waals surface area (Å²) in [5.74, 6) is 1.14. The lowest BCUT2D eigenvalue weighted by molar-refractivity contribution is -0.140. The molecule has 0 spiro atoms. The molecule has 3 N–H and O–H groups in total. The van der Waals surface area contributed by atoms with Crippen molar-refractivity contribution in [3.05, 3.63) is 47.7 Å². The van der Waals surface area contributed by atoms with E-state index in [1.54, 1.807) is 7.05 Å². The first-order chi connectivity index (χ1) is 15.6. The van der Waals surface area contributed by atoms with Crippen molar-refractivity contribution in [3.8, 4) is 0 Å². The third-order valence-corrected chi connectivity index (χ3v) is 7.25. The second-order valence-electron chi connectivity index (χ2n) is 9.22. The topological polar surface area (TPSA) is 89.6 Å². The molecule has 2 aliphatic carbocycles. The average Bonchev–Trinajstić information content (AvgIpc) is 3.55. The zero-order chi connectivity index (χ0) is 22.2. The molecule has 5 rings (SSSR count). The van der Waals surface area contributed by atoms with E-state index >= 15 is 0 Å². The van der Waals surface area contributed by atoms with Crippen LogP contribution < -0.4 is 10.6 Å². The van der Waals surface area contributed by atoms with Crippen molar-refractivity contribution in [1.29, 1.82) is 0 Å². The van der Waals surface area contributed by atoms with Crippen molar-refractivity contribution in [2.24, 2.45) is 28.7 Å².